The molecule has 0 atom stereocenters. The predicted octanol–water partition coefficient (Wildman–Crippen LogP) is -1.62. The van der Waals surface area contributed by atoms with Gasteiger partial charge in [0.15, 0.2) is 6.54 Å². The number of allylic oxidation sites excluding steroid dienone is 1. The molecule has 0 unspecified atom stereocenters. The van der Waals surface area contributed by atoms with E-state index in [1.165, 1.54) is 7.11 Å². The Labute approximate surface area is 101 Å². The van der Waals surface area contributed by atoms with Gasteiger partial charge in [-0.2, -0.15) is 0 Å². The van der Waals surface area contributed by atoms with Crippen LogP contribution in [0.2, 0.25) is 0 Å². The molecule has 0 aromatic heterocycles. The predicted molar refractivity (Wildman–Crippen MR) is 53.5 cm³/mol. The first-order valence-corrected chi connectivity index (χ1v) is 4.46. The average molecular weight is 287 g/mol. The lowest BCUT2D eigenvalue weighted by Gasteiger charge is -2.26. The number of likely N-dealkylation sites (N-methyl/N-ethyl adjacent to an activating group) is 1. The first-order valence-electron chi connectivity index (χ1n) is 4.08. The van der Waals surface area contributed by atoms with Gasteiger partial charge >= 0.3 is 5.97 Å². The molecule has 0 aliphatic heterocycles. The minimum atomic E-state index is -0.203. The first-order chi connectivity index (χ1) is 5.87. The van der Waals surface area contributed by atoms with Crippen molar-refractivity contribution in [2.24, 2.45) is 0 Å². The van der Waals surface area contributed by atoms with Crippen molar-refractivity contribution in [1.82, 2.24) is 0 Å². The van der Waals surface area contributed by atoms with Crippen LogP contribution in [0.4, 0.5) is 0 Å². The summed E-state index contributed by atoms with van der Waals surface area (Å²) < 4.78 is 5.14. The van der Waals surface area contributed by atoms with E-state index in [4.69, 9.17) is 11.6 Å². The van der Waals surface area contributed by atoms with Crippen LogP contribution in [-0.4, -0.2) is 44.7 Å². The summed E-state index contributed by atoms with van der Waals surface area (Å²) in [4.78, 5) is 11.0. The molecule has 0 bridgehead atoms. The summed E-state index contributed by atoms with van der Waals surface area (Å²) in [6.45, 7) is 2.90. The molecule has 0 radical (unpaired) electrons. The van der Waals surface area contributed by atoms with Crippen LogP contribution in [0, 0.1) is 0 Å². The third kappa shape index (κ3) is 8.53. The van der Waals surface area contributed by atoms with Crippen molar-refractivity contribution in [3.05, 3.63) is 11.1 Å². The van der Waals surface area contributed by atoms with Crippen molar-refractivity contribution >= 4 is 17.6 Å². The second kappa shape index (κ2) is 7.26. The molecule has 0 N–H and O–H groups in total. The maximum absolute atomic E-state index is 11.0. The van der Waals surface area contributed by atoms with Crippen molar-refractivity contribution in [1.29, 1.82) is 0 Å². The zero-order valence-corrected chi connectivity index (χ0v) is 11.4. The average Bonchev–Trinajstić information content (AvgIpc) is 2.00. The summed E-state index contributed by atoms with van der Waals surface area (Å²) >= 11 is 5.69. The molecule has 0 saturated heterocycles. The number of quaternary nitrogens is 1. The molecule has 0 aliphatic carbocycles. The molecule has 14 heavy (non-hydrogen) atoms. The van der Waals surface area contributed by atoms with Crippen LogP contribution < -0.4 is 17.0 Å². The number of ether oxygens (including phenoxy) is 1. The fraction of sp³-hybridized carbons (Fsp3) is 0.667. The normalized spacial score (nSPS) is 11.9. The fourth-order valence-electron chi connectivity index (χ4n) is 0.851. The molecule has 0 heterocycles. The van der Waals surface area contributed by atoms with E-state index in [0.29, 0.717) is 11.0 Å². The second-order valence-electron chi connectivity index (χ2n) is 3.64. The lowest BCUT2D eigenvalue weighted by atomic mass is 10.4. The van der Waals surface area contributed by atoms with Gasteiger partial charge in [-0.15, -0.1) is 0 Å². The topological polar surface area (TPSA) is 26.3 Å². The van der Waals surface area contributed by atoms with Gasteiger partial charge in [-0.05, 0) is 13.0 Å². The molecule has 84 valence electrons. The SMILES string of the molecule is COC(=O)C[N+](C)(C)C/C=C(/C)Cl.[Br-]. The highest BCUT2D eigenvalue weighted by Gasteiger charge is 2.18. The number of carbonyl (C=O) groups excluding carboxylic acids is 1. The van der Waals surface area contributed by atoms with Gasteiger partial charge in [0.1, 0.15) is 0 Å². The highest BCUT2D eigenvalue weighted by atomic mass is 79.9. The van der Waals surface area contributed by atoms with Crippen molar-refractivity contribution in [2.75, 3.05) is 34.3 Å². The maximum Gasteiger partial charge on any atom is 0.361 e. The van der Waals surface area contributed by atoms with Crippen LogP contribution >= 0.6 is 11.6 Å². The van der Waals surface area contributed by atoms with Crippen LogP contribution in [0.15, 0.2) is 11.1 Å². The van der Waals surface area contributed by atoms with Crippen molar-refractivity contribution in [2.45, 2.75) is 6.92 Å². The molecule has 0 aliphatic rings. The summed E-state index contributed by atoms with van der Waals surface area (Å²) in [5.41, 5.74) is 0. The Balaban J connectivity index is 0. The number of carbonyl (C=O) groups is 1. The summed E-state index contributed by atoms with van der Waals surface area (Å²) in [7, 11) is 5.30. The number of halogens is 2. The summed E-state index contributed by atoms with van der Waals surface area (Å²) in [5.74, 6) is -0.203. The zero-order valence-electron chi connectivity index (χ0n) is 9.01. The molecular weight excluding hydrogens is 269 g/mol. The van der Waals surface area contributed by atoms with Gasteiger partial charge in [0.05, 0.1) is 27.7 Å². The first kappa shape index (κ1) is 16.4. The summed E-state index contributed by atoms with van der Waals surface area (Å²) in [5, 5.41) is 0.746. The molecule has 0 aromatic rings. The number of hydrogen-bond donors (Lipinski definition) is 0. The smallest absolute Gasteiger partial charge is 0.361 e. The van der Waals surface area contributed by atoms with Crippen LogP contribution in [-0.2, 0) is 9.53 Å². The Morgan fingerprint density at radius 1 is 1.50 bits per heavy atom. The molecule has 0 amide bonds. The molecule has 0 saturated carbocycles. The molecular formula is C9H17BrClNO2. The van der Waals surface area contributed by atoms with Gasteiger partial charge in [-0.25, -0.2) is 4.79 Å². The molecule has 0 spiro atoms. The third-order valence-corrected chi connectivity index (χ3v) is 1.81. The number of methoxy groups -OCH3 is 1. The number of nitrogens with zero attached hydrogens (tertiary/aromatic N) is 1. The van der Waals surface area contributed by atoms with Crippen molar-refractivity contribution in [3.8, 4) is 0 Å². The Bertz CT molecular complexity index is 213. The van der Waals surface area contributed by atoms with E-state index < -0.39 is 0 Å². The van der Waals surface area contributed by atoms with E-state index >= 15 is 0 Å². The Kier molecular flexibility index (Phi) is 8.49. The number of rotatable bonds is 4. The van der Waals surface area contributed by atoms with Gasteiger partial charge in [-0.3, -0.25) is 0 Å². The van der Waals surface area contributed by atoms with E-state index in [0.717, 1.165) is 11.6 Å². The summed E-state index contributed by atoms with van der Waals surface area (Å²) in [6, 6.07) is 0. The number of esters is 1. The number of hydrogen-bond acceptors (Lipinski definition) is 2. The van der Waals surface area contributed by atoms with Gasteiger partial charge in [-0.1, -0.05) is 11.6 Å². The molecule has 0 fully saturated rings. The highest BCUT2D eigenvalue weighted by Crippen LogP contribution is 2.03. The van der Waals surface area contributed by atoms with Crippen molar-refractivity contribution in [3.63, 3.8) is 0 Å². The van der Waals surface area contributed by atoms with Crippen LogP contribution in [0.25, 0.3) is 0 Å². The van der Waals surface area contributed by atoms with Gasteiger partial charge in [0.2, 0.25) is 0 Å². The van der Waals surface area contributed by atoms with Crippen LogP contribution in [0.3, 0.4) is 0 Å². The van der Waals surface area contributed by atoms with E-state index in [9.17, 15) is 4.79 Å². The van der Waals surface area contributed by atoms with Gasteiger partial charge in [0, 0.05) is 5.03 Å². The zero-order chi connectivity index (χ0) is 10.5. The van der Waals surface area contributed by atoms with E-state index in [1.54, 1.807) is 0 Å². The van der Waals surface area contributed by atoms with E-state index in [2.05, 4.69) is 4.74 Å². The van der Waals surface area contributed by atoms with Gasteiger partial charge < -0.3 is 26.2 Å². The van der Waals surface area contributed by atoms with E-state index in [1.807, 2.05) is 27.1 Å². The van der Waals surface area contributed by atoms with Crippen LogP contribution in [0.5, 0.6) is 0 Å². The Morgan fingerprint density at radius 2 is 2.00 bits per heavy atom. The monoisotopic (exact) mass is 285 g/mol. The molecule has 0 rings (SSSR count). The van der Waals surface area contributed by atoms with Gasteiger partial charge in [0.25, 0.3) is 0 Å². The second-order valence-corrected chi connectivity index (χ2v) is 4.24. The lowest BCUT2D eigenvalue weighted by Crippen LogP contribution is -3.00. The third-order valence-electron chi connectivity index (χ3n) is 1.65. The van der Waals surface area contributed by atoms with Crippen LogP contribution in [0.1, 0.15) is 6.92 Å². The fourth-order valence-corrected chi connectivity index (χ4v) is 0.921. The lowest BCUT2D eigenvalue weighted by molar-refractivity contribution is -0.877. The minimum Gasteiger partial charge on any atom is -1.00 e. The minimum absolute atomic E-state index is 0. The molecule has 3 nitrogen and oxygen atoms in total. The highest BCUT2D eigenvalue weighted by molar-refractivity contribution is 6.29. The largest absolute Gasteiger partial charge is 1.00 e. The Morgan fingerprint density at radius 3 is 2.36 bits per heavy atom. The standard InChI is InChI=1S/C9H17ClNO2.BrH/c1-8(10)5-6-11(2,3)7-9(12)13-4;/h5H,6-7H2,1-4H3;1H/q+1;/p-1/b8-5-;. The quantitative estimate of drug-likeness (QED) is 0.459. The van der Waals surface area contributed by atoms with E-state index in [-0.39, 0.29) is 23.0 Å². The summed E-state index contributed by atoms with van der Waals surface area (Å²) in [6.07, 6.45) is 1.89. The Hall–Kier alpha value is -0.0600. The van der Waals surface area contributed by atoms with Crippen molar-refractivity contribution < 1.29 is 31.0 Å². The molecule has 5 heteroatoms. The maximum atomic E-state index is 11.0. The molecule has 0 aromatic carbocycles.